The summed E-state index contributed by atoms with van der Waals surface area (Å²) in [6.07, 6.45) is -0.0582. The Hall–Kier alpha value is -1.29. The third kappa shape index (κ3) is 2.27. The van der Waals surface area contributed by atoms with E-state index >= 15 is 0 Å². The minimum atomic E-state index is -0.0582. The van der Waals surface area contributed by atoms with Crippen LogP contribution in [0.5, 0.6) is 5.75 Å². The fraction of sp³-hybridized carbons (Fsp3) is 0.250. The summed E-state index contributed by atoms with van der Waals surface area (Å²) >= 11 is 3.31. The lowest BCUT2D eigenvalue weighted by atomic mass is 10.2. The summed E-state index contributed by atoms with van der Waals surface area (Å²) in [5.41, 5.74) is 0.956. The molecular formula is C12H12BrNO2. The summed E-state index contributed by atoms with van der Waals surface area (Å²) in [7, 11) is 1.64. The molecule has 1 aromatic rings. The summed E-state index contributed by atoms with van der Waals surface area (Å²) in [4.78, 5) is 4.33. The largest absolute Gasteiger partial charge is 0.497 e. The van der Waals surface area contributed by atoms with E-state index in [1.165, 1.54) is 0 Å². The van der Waals surface area contributed by atoms with Gasteiger partial charge in [-0.15, -0.1) is 0 Å². The van der Waals surface area contributed by atoms with Crippen LogP contribution in [0, 0.1) is 0 Å². The Bertz CT molecular complexity index is 425. The van der Waals surface area contributed by atoms with E-state index in [-0.39, 0.29) is 6.10 Å². The van der Waals surface area contributed by atoms with E-state index in [9.17, 15) is 0 Å². The molecule has 0 radical (unpaired) electrons. The lowest BCUT2D eigenvalue weighted by Crippen LogP contribution is -2.12. The third-order valence-electron chi connectivity index (χ3n) is 2.34. The first-order valence-electron chi connectivity index (χ1n) is 4.90. The van der Waals surface area contributed by atoms with E-state index in [0.29, 0.717) is 12.4 Å². The molecule has 0 saturated carbocycles. The van der Waals surface area contributed by atoms with Gasteiger partial charge < -0.3 is 9.47 Å². The van der Waals surface area contributed by atoms with Crippen molar-refractivity contribution >= 4 is 21.8 Å². The standard InChI is InChI=1S/C12H12BrNO2/c1-8(13)11-7-14-12(16-11)9-3-5-10(15-2)6-4-9/h3-6,11H,1,7H2,2H3/t11-/m0/s1. The number of hydrogen-bond acceptors (Lipinski definition) is 3. The van der Waals surface area contributed by atoms with Crippen LogP contribution in [-0.4, -0.2) is 25.7 Å². The summed E-state index contributed by atoms with van der Waals surface area (Å²) < 4.78 is 11.6. The molecule has 4 heteroatoms. The molecule has 0 aliphatic carbocycles. The normalized spacial score (nSPS) is 18.9. The Kier molecular flexibility index (Phi) is 3.29. The van der Waals surface area contributed by atoms with Gasteiger partial charge in [-0.25, -0.2) is 4.99 Å². The number of nitrogens with zero attached hydrogens (tertiary/aromatic N) is 1. The lowest BCUT2D eigenvalue weighted by Gasteiger charge is -2.09. The number of benzene rings is 1. The quantitative estimate of drug-likeness (QED) is 0.853. The Morgan fingerprint density at radius 1 is 1.50 bits per heavy atom. The number of hydrogen-bond donors (Lipinski definition) is 0. The first-order valence-corrected chi connectivity index (χ1v) is 5.70. The summed E-state index contributed by atoms with van der Waals surface area (Å²) in [6.45, 7) is 4.41. The minimum Gasteiger partial charge on any atom is -0.497 e. The van der Waals surface area contributed by atoms with Gasteiger partial charge in [-0.1, -0.05) is 22.5 Å². The van der Waals surface area contributed by atoms with Crippen LogP contribution in [0.25, 0.3) is 0 Å². The van der Waals surface area contributed by atoms with E-state index in [1.54, 1.807) is 7.11 Å². The fourth-order valence-corrected chi connectivity index (χ4v) is 1.67. The topological polar surface area (TPSA) is 30.8 Å². The highest BCUT2D eigenvalue weighted by molar-refractivity contribution is 9.11. The van der Waals surface area contributed by atoms with Crippen molar-refractivity contribution in [3.05, 3.63) is 40.9 Å². The first-order chi connectivity index (χ1) is 7.70. The van der Waals surface area contributed by atoms with Gasteiger partial charge in [0.05, 0.1) is 13.7 Å². The molecule has 1 heterocycles. The molecule has 0 saturated heterocycles. The number of rotatable bonds is 3. The van der Waals surface area contributed by atoms with Crippen LogP contribution in [0.4, 0.5) is 0 Å². The Balaban J connectivity index is 2.11. The molecule has 0 fully saturated rings. The molecule has 0 aromatic heterocycles. The van der Waals surface area contributed by atoms with Crippen LogP contribution >= 0.6 is 15.9 Å². The summed E-state index contributed by atoms with van der Waals surface area (Å²) in [5, 5.41) is 0. The van der Waals surface area contributed by atoms with Gasteiger partial charge >= 0.3 is 0 Å². The highest BCUT2D eigenvalue weighted by Gasteiger charge is 2.22. The van der Waals surface area contributed by atoms with Gasteiger partial charge in [0, 0.05) is 10.0 Å². The van der Waals surface area contributed by atoms with Crippen LogP contribution in [0.1, 0.15) is 5.56 Å². The van der Waals surface area contributed by atoms with Crippen LogP contribution in [0.2, 0.25) is 0 Å². The predicted octanol–water partition coefficient (Wildman–Crippen LogP) is 2.75. The smallest absolute Gasteiger partial charge is 0.216 e. The SMILES string of the molecule is C=C(Br)[C@@H]1CN=C(c2ccc(OC)cc2)O1. The molecule has 0 bridgehead atoms. The molecule has 1 atom stereocenters. The maximum Gasteiger partial charge on any atom is 0.216 e. The van der Waals surface area contributed by atoms with Crippen molar-refractivity contribution in [2.24, 2.45) is 4.99 Å². The number of aliphatic imine (C=N–C) groups is 1. The fourth-order valence-electron chi connectivity index (χ4n) is 1.43. The molecule has 0 spiro atoms. The van der Waals surface area contributed by atoms with Crippen molar-refractivity contribution in [2.75, 3.05) is 13.7 Å². The predicted molar refractivity (Wildman–Crippen MR) is 67.3 cm³/mol. The average molecular weight is 282 g/mol. The molecule has 1 aliphatic heterocycles. The second-order valence-corrected chi connectivity index (χ2v) is 4.45. The molecular weight excluding hydrogens is 270 g/mol. The Morgan fingerprint density at radius 2 is 2.19 bits per heavy atom. The van der Waals surface area contributed by atoms with Gasteiger partial charge in [-0.3, -0.25) is 0 Å². The van der Waals surface area contributed by atoms with Crippen LogP contribution in [0.3, 0.4) is 0 Å². The van der Waals surface area contributed by atoms with Crippen molar-refractivity contribution in [2.45, 2.75) is 6.10 Å². The highest BCUT2D eigenvalue weighted by Crippen LogP contribution is 2.21. The molecule has 1 aromatic carbocycles. The molecule has 2 rings (SSSR count). The zero-order chi connectivity index (χ0) is 11.5. The van der Waals surface area contributed by atoms with Crippen molar-refractivity contribution in [3.63, 3.8) is 0 Å². The average Bonchev–Trinajstić information content (AvgIpc) is 2.78. The van der Waals surface area contributed by atoms with Crippen molar-refractivity contribution in [3.8, 4) is 5.75 Å². The summed E-state index contributed by atoms with van der Waals surface area (Å²) in [6, 6.07) is 7.63. The molecule has 3 nitrogen and oxygen atoms in total. The second kappa shape index (κ2) is 4.70. The first kappa shape index (κ1) is 11.2. The maximum absolute atomic E-state index is 5.65. The zero-order valence-electron chi connectivity index (χ0n) is 8.94. The molecule has 0 N–H and O–H groups in total. The van der Waals surface area contributed by atoms with E-state index in [2.05, 4.69) is 27.5 Å². The number of methoxy groups -OCH3 is 1. The molecule has 84 valence electrons. The van der Waals surface area contributed by atoms with Gasteiger partial charge in [0.15, 0.2) is 6.10 Å². The monoisotopic (exact) mass is 281 g/mol. The second-order valence-electron chi connectivity index (χ2n) is 3.43. The molecule has 1 aliphatic rings. The summed E-state index contributed by atoms with van der Waals surface area (Å²) in [5.74, 6) is 1.48. The van der Waals surface area contributed by atoms with Gasteiger partial charge in [0.1, 0.15) is 5.75 Å². The van der Waals surface area contributed by atoms with Gasteiger partial charge in [-0.2, -0.15) is 0 Å². The van der Waals surface area contributed by atoms with Crippen LogP contribution < -0.4 is 4.74 Å². The molecule has 0 unspecified atom stereocenters. The maximum atomic E-state index is 5.65. The zero-order valence-corrected chi connectivity index (χ0v) is 10.5. The van der Waals surface area contributed by atoms with E-state index in [0.717, 1.165) is 15.8 Å². The van der Waals surface area contributed by atoms with E-state index in [4.69, 9.17) is 9.47 Å². The van der Waals surface area contributed by atoms with Gasteiger partial charge in [0.25, 0.3) is 0 Å². The molecule has 0 amide bonds. The van der Waals surface area contributed by atoms with E-state index < -0.39 is 0 Å². The Labute approximate surface area is 103 Å². The van der Waals surface area contributed by atoms with Crippen LogP contribution in [0.15, 0.2) is 40.3 Å². The Morgan fingerprint density at radius 3 is 2.69 bits per heavy atom. The minimum absolute atomic E-state index is 0.0582. The van der Waals surface area contributed by atoms with Crippen molar-refractivity contribution < 1.29 is 9.47 Å². The van der Waals surface area contributed by atoms with Gasteiger partial charge in [0.2, 0.25) is 5.90 Å². The molecule has 16 heavy (non-hydrogen) atoms. The third-order valence-corrected chi connectivity index (χ3v) is 2.85. The van der Waals surface area contributed by atoms with Crippen molar-refractivity contribution in [1.82, 2.24) is 0 Å². The number of halogens is 1. The number of ether oxygens (including phenoxy) is 2. The van der Waals surface area contributed by atoms with Crippen molar-refractivity contribution in [1.29, 1.82) is 0 Å². The lowest BCUT2D eigenvalue weighted by molar-refractivity contribution is 0.272. The van der Waals surface area contributed by atoms with Gasteiger partial charge in [-0.05, 0) is 24.3 Å². The highest BCUT2D eigenvalue weighted by atomic mass is 79.9. The van der Waals surface area contributed by atoms with E-state index in [1.807, 2.05) is 24.3 Å². The van der Waals surface area contributed by atoms with Crippen LogP contribution in [-0.2, 0) is 4.74 Å².